The number of ketones is 1. The average molecular weight is 235 g/mol. The lowest BCUT2D eigenvalue weighted by Gasteiger charge is -2.03. The summed E-state index contributed by atoms with van der Waals surface area (Å²) in [5.41, 5.74) is 1.16. The number of nitrogens with zero attached hydrogens (tertiary/aromatic N) is 1. The summed E-state index contributed by atoms with van der Waals surface area (Å²) in [6.07, 6.45) is 3.82. The van der Waals surface area contributed by atoms with Gasteiger partial charge in [0.15, 0.2) is 0 Å². The predicted octanol–water partition coefficient (Wildman–Crippen LogP) is 1.42. The lowest BCUT2D eigenvalue weighted by atomic mass is 10.1. The van der Waals surface area contributed by atoms with Gasteiger partial charge in [-0.05, 0) is 25.5 Å². The van der Waals surface area contributed by atoms with Crippen molar-refractivity contribution >= 4 is 17.5 Å². The second kappa shape index (κ2) is 5.79. The summed E-state index contributed by atoms with van der Waals surface area (Å²) in [6.45, 7) is 3.47. The molecule has 1 heterocycles. The molecule has 1 aromatic heterocycles. The average Bonchev–Trinajstić information content (AvgIpc) is 2.29. The topological polar surface area (TPSA) is 76.5 Å². The standard InChI is InChI=1S/C12H13NO4/c1-3-17-12(16)11(15)6-10(14)9-7-13-5-4-8(9)2/h4-7,14H,3H2,1-2H3/b10-6+. The van der Waals surface area contributed by atoms with Crippen LogP contribution in [-0.2, 0) is 14.3 Å². The van der Waals surface area contributed by atoms with Gasteiger partial charge in [0.2, 0.25) is 0 Å². The van der Waals surface area contributed by atoms with Crippen LogP contribution in [0.15, 0.2) is 24.5 Å². The van der Waals surface area contributed by atoms with Crippen LogP contribution in [0.5, 0.6) is 0 Å². The minimum atomic E-state index is -0.986. The Balaban J connectivity index is 2.90. The maximum atomic E-state index is 11.3. The molecular weight excluding hydrogens is 222 g/mol. The van der Waals surface area contributed by atoms with Gasteiger partial charge in [0.25, 0.3) is 5.78 Å². The molecular formula is C12H13NO4. The molecule has 0 saturated carbocycles. The maximum absolute atomic E-state index is 11.3. The molecule has 0 unspecified atom stereocenters. The fourth-order valence-corrected chi connectivity index (χ4v) is 1.20. The van der Waals surface area contributed by atoms with Crippen molar-refractivity contribution in [3.05, 3.63) is 35.7 Å². The smallest absolute Gasteiger partial charge is 0.379 e. The zero-order valence-corrected chi connectivity index (χ0v) is 9.64. The number of aliphatic hydroxyl groups excluding tert-OH is 1. The summed E-state index contributed by atoms with van der Waals surface area (Å²) in [7, 11) is 0. The van der Waals surface area contributed by atoms with Crippen LogP contribution in [0.25, 0.3) is 5.76 Å². The number of pyridine rings is 1. The number of rotatable bonds is 4. The zero-order chi connectivity index (χ0) is 12.8. The second-order valence-corrected chi connectivity index (χ2v) is 3.30. The predicted molar refractivity (Wildman–Crippen MR) is 61.2 cm³/mol. The van der Waals surface area contributed by atoms with E-state index in [4.69, 9.17) is 0 Å². The van der Waals surface area contributed by atoms with Crippen LogP contribution < -0.4 is 0 Å². The van der Waals surface area contributed by atoms with Gasteiger partial charge in [-0.15, -0.1) is 0 Å². The summed E-state index contributed by atoms with van der Waals surface area (Å²) in [4.78, 5) is 26.2. The molecule has 0 radical (unpaired) electrons. The highest BCUT2D eigenvalue weighted by Gasteiger charge is 2.14. The molecule has 0 bridgehead atoms. The van der Waals surface area contributed by atoms with E-state index < -0.39 is 11.8 Å². The third-order valence-corrected chi connectivity index (χ3v) is 2.06. The highest BCUT2D eigenvalue weighted by Crippen LogP contribution is 2.14. The minimum absolute atomic E-state index is 0.116. The first-order valence-electron chi connectivity index (χ1n) is 5.09. The fraction of sp³-hybridized carbons (Fsp3) is 0.250. The molecule has 0 saturated heterocycles. The molecule has 0 amide bonds. The number of hydrogen-bond acceptors (Lipinski definition) is 5. The number of aryl methyl sites for hydroxylation is 1. The largest absolute Gasteiger partial charge is 0.507 e. The number of hydrogen-bond donors (Lipinski definition) is 1. The van der Waals surface area contributed by atoms with E-state index in [0.717, 1.165) is 11.6 Å². The summed E-state index contributed by atoms with van der Waals surface area (Å²) >= 11 is 0. The highest BCUT2D eigenvalue weighted by atomic mass is 16.5. The van der Waals surface area contributed by atoms with Crippen molar-refractivity contribution in [2.24, 2.45) is 0 Å². The molecule has 90 valence electrons. The van der Waals surface area contributed by atoms with Crippen molar-refractivity contribution in [3.8, 4) is 0 Å². The number of carbonyl (C=O) groups is 2. The quantitative estimate of drug-likeness (QED) is 0.369. The first-order chi connectivity index (χ1) is 8.06. The minimum Gasteiger partial charge on any atom is -0.507 e. The third kappa shape index (κ3) is 3.41. The lowest BCUT2D eigenvalue weighted by Crippen LogP contribution is -2.15. The van der Waals surface area contributed by atoms with E-state index in [1.54, 1.807) is 26.1 Å². The van der Waals surface area contributed by atoms with Crippen LogP contribution in [0.4, 0.5) is 0 Å². The van der Waals surface area contributed by atoms with Crippen molar-refractivity contribution in [2.75, 3.05) is 6.61 Å². The molecule has 17 heavy (non-hydrogen) atoms. The van der Waals surface area contributed by atoms with Gasteiger partial charge < -0.3 is 9.84 Å². The van der Waals surface area contributed by atoms with E-state index >= 15 is 0 Å². The van der Waals surface area contributed by atoms with Gasteiger partial charge in [0.1, 0.15) is 5.76 Å². The Morgan fingerprint density at radius 2 is 2.24 bits per heavy atom. The molecule has 0 aliphatic heterocycles. The number of aliphatic hydroxyl groups is 1. The first kappa shape index (κ1) is 12.9. The van der Waals surface area contributed by atoms with Crippen molar-refractivity contribution in [3.63, 3.8) is 0 Å². The van der Waals surface area contributed by atoms with E-state index in [1.807, 2.05) is 0 Å². The van der Waals surface area contributed by atoms with Gasteiger partial charge in [-0.1, -0.05) is 0 Å². The van der Waals surface area contributed by atoms with Crippen LogP contribution in [0.2, 0.25) is 0 Å². The normalized spacial score (nSPS) is 11.1. The van der Waals surface area contributed by atoms with E-state index in [9.17, 15) is 14.7 Å². The Kier molecular flexibility index (Phi) is 4.39. The van der Waals surface area contributed by atoms with Crippen LogP contribution >= 0.6 is 0 Å². The number of aromatic nitrogens is 1. The Morgan fingerprint density at radius 1 is 1.53 bits per heavy atom. The third-order valence-electron chi connectivity index (χ3n) is 2.06. The first-order valence-corrected chi connectivity index (χ1v) is 5.09. The fourth-order valence-electron chi connectivity index (χ4n) is 1.20. The van der Waals surface area contributed by atoms with Crippen molar-refractivity contribution in [1.82, 2.24) is 4.98 Å². The highest BCUT2D eigenvalue weighted by molar-refractivity contribution is 6.39. The molecule has 1 N–H and O–H groups in total. The molecule has 0 fully saturated rings. The van der Waals surface area contributed by atoms with Gasteiger partial charge in [0, 0.05) is 24.0 Å². The van der Waals surface area contributed by atoms with E-state index in [1.165, 1.54) is 6.20 Å². The molecule has 5 heteroatoms. The number of carbonyl (C=O) groups excluding carboxylic acids is 2. The molecule has 0 aliphatic carbocycles. The van der Waals surface area contributed by atoms with E-state index in [-0.39, 0.29) is 12.4 Å². The number of ether oxygens (including phenoxy) is 1. The van der Waals surface area contributed by atoms with Crippen LogP contribution in [0, 0.1) is 6.92 Å². The molecule has 1 rings (SSSR count). The van der Waals surface area contributed by atoms with Crippen molar-refractivity contribution in [1.29, 1.82) is 0 Å². The maximum Gasteiger partial charge on any atom is 0.379 e. The summed E-state index contributed by atoms with van der Waals surface area (Å²) in [6, 6.07) is 1.69. The van der Waals surface area contributed by atoms with Crippen molar-refractivity contribution < 1.29 is 19.4 Å². The summed E-state index contributed by atoms with van der Waals surface area (Å²) in [5.74, 6) is -2.18. The summed E-state index contributed by atoms with van der Waals surface area (Å²) in [5, 5.41) is 9.68. The Labute approximate surface area is 98.7 Å². The Bertz CT molecular complexity index is 465. The Hall–Kier alpha value is -2.17. The molecule has 0 spiro atoms. The molecule has 0 aromatic carbocycles. The van der Waals surface area contributed by atoms with Gasteiger partial charge in [-0.3, -0.25) is 9.78 Å². The second-order valence-electron chi connectivity index (χ2n) is 3.30. The van der Waals surface area contributed by atoms with Crippen LogP contribution in [0.1, 0.15) is 18.1 Å². The van der Waals surface area contributed by atoms with Gasteiger partial charge in [-0.2, -0.15) is 0 Å². The summed E-state index contributed by atoms with van der Waals surface area (Å²) < 4.78 is 4.51. The SMILES string of the molecule is CCOC(=O)C(=O)/C=C(/O)c1cnccc1C. The monoisotopic (exact) mass is 235 g/mol. The molecule has 5 nitrogen and oxygen atoms in total. The van der Waals surface area contributed by atoms with Gasteiger partial charge >= 0.3 is 5.97 Å². The molecule has 0 aliphatic rings. The molecule has 1 aromatic rings. The van der Waals surface area contributed by atoms with Gasteiger partial charge in [-0.25, -0.2) is 4.79 Å². The van der Waals surface area contributed by atoms with Gasteiger partial charge in [0.05, 0.1) is 6.61 Å². The van der Waals surface area contributed by atoms with E-state index in [0.29, 0.717) is 5.56 Å². The Morgan fingerprint density at radius 3 is 2.82 bits per heavy atom. The molecule has 0 atom stereocenters. The van der Waals surface area contributed by atoms with E-state index in [2.05, 4.69) is 9.72 Å². The van der Waals surface area contributed by atoms with Crippen LogP contribution in [0.3, 0.4) is 0 Å². The van der Waals surface area contributed by atoms with Crippen LogP contribution in [-0.4, -0.2) is 28.4 Å². The number of esters is 1. The van der Waals surface area contributed by atoms with Crippen molar-refractivity contribution in [2.45, 2.75) is 13.8 Å². The lowest BCUT2D eigenvalue weighted by molar-refractivity contribution is -0.151. The zero-order valence-electron chi connectivity index (χ0n) is 9.64.